The number of hydrogen-bond donors (Lipinski definition) is 0. The monoisotopic (exact) mass is 401 g/mol. The van der Waals surface area contributed by atoms with Gasteiger partial charge in [0.15, 0.2) is 11.6 Å². The van der Waals surface area contributed by atoms with E-state index in [4.69, 9.17) is 21.1 Å². The average molecular weight is 402 g/mol. The van der Waals surface area contributed by atoms with Crippen molar-refractivity contribution in [2.45, 2.75) is 11.8 Å². The Morgan fingerprint density at radius 2 is 1.92 bits per heavy atom. The number of rotatable bonds is 7. The fourth-order valence-electron chi connectivity index (χ4n) is 2.21. The van der Waals surface area contributed by atoms with E-state index in [2.05, 4.69) is 0 Å². The quantitative estimate of drug-likeness (QED) is 0.666. The summed E-state index contributed by atoms with van der Waals surface area (Å²) in [7, 11) is -3.02. The zero-order valence-corrected chi connectivity index (χ0v) is 15.7. The summed E-state index contributed by atoms with van der Waals surface area (Å²) in [4.78, 5) is 11.6. The minimum absolute atomic E-state index is 0.0819. The molecule has 6 nitrogen and oxygen atoms in total. The van der Waals surface area contributed by atoms with Gasteiger partial charge in [-0.1, -0.05) is 23.7 Å². The van der Waals surface area contributed by atoms with E-state index in [-0.39, 0.29) is 28.0 Å². The van der Waals surface area contributed by atoms with Crippen molar-refractivity contribution in [3.05, 3.63) is 53.3 Å². The lowest BCUT2D eigenvalue weighted by Crippen LogP contribution is -2.36. The lowest BCUT2D eigenvalue weighted by Gasteiger charge is -2.24. The Hall–Kier alpha value is -2.32. The lowest BCUT2D eigenvalue weighted by atomic mass is 10.3. The van der Waals surface area contributed by atoms with E-state index < -0.39 is 28.4 Å². The summed E-state index contributed by atoms with van der Waals surface area (Å²) in [5.74, 6) is -1.70. The molecule has 2 aromatic rings. The first kappa shape index (κ1) is 20.0. The van der Waals surface area contributed by atoms with E-state index in [1.165, 1.54) is 31.4 Å². The molecule has 0 heterocycles. The highest BCUT2D eigenvalue weighted by Crippen LogP contribution is 2.31. The van der Waals surface area contributed by atoms with Crippen LogP contribution in [0.1, 0.15) is 6.92 Å². The lowest BCUT2D eigenvalue weighted by molar-refractivity contribution is -0.141. The Morgan fingerprint density at radius 1 is 1.23 bits per heavy atom. The van der Waals surface area contributed by atoms with Crippen molar-refractivity contribution in [3.63, 3.8) is 0 Å². The second-order valence-electron chi connectivity index (χ2n) is 5.06. The standard InChI is InChI=1S/C17H17ClFNO5S/c1-3-25-17(21)11-20(15-7-5-4-6-13(15)18)26(22,23)12-8-9-16(24-2)14(19)10-12/h4-10H,3,11H2,1-2H3. The van der Waals surface area contributed by atoms with Crippen molar-refractivity contribution >= 4 is 33.3 Å². The first-order chi connectivity index (χ1) is 12.3. The van der Waals surface area contributed by atoms with Crippen LogP contribution in [0.2, 0.25) is 5.02 Å². The van der Waals surface area contributed by atoms with Gasteiger partial charge in [-0.15, -0.1) is 0 Å². The summed E-state index contributed by atoms with van der Waals surface area (Å²) in [5, 5.41) is 0.120. The van der Waals surface area contributed by atoms with Gasteiger partial charge in [-0.3, -0.25) is 9.10 Å². The number of sulfonamides is 1. The van der Waals surface area contributed by atoms with Gasteiger partial charge >= 0.3 is 5.97 Å². The molecule has 2 rings (SSSR count). The summed E-state index contributed by atoms with van der Waals surface area (Å²) in [6.07, 6.45) is 0. The molecular formula is C17H17ClFNO5S. The molecule has 0 fully saturated rings. The maximum atomic E-state index is 14.0. The molecule has 0 bridgehead atoms. The molecular weight excluding hydrogens is 385 g/mol. The first-order valence-electron chi connectivity index (χ1n) is 7.57. The summed E-state index contributed by atoms with van der Waals surface area (Å²) in [6.45, 7) is 1.09. The van der Waals surface area contributed by atoms with Gasteiger partial charge in [0.25, 0.3) is 10.0 Å². The molecule has 0 spiro atoms. The van der Waals surface area contributed by atoms with Gasteiger partial charge in [0, 0.05) is 0 Å². The summed E-state index contributed by atoms with van der Waals surface area (Å²) in [5.41, 5.74) is 0.0819. The van der Waals surface area contributed by atoms with E-state index in [1.54, 1.807) is 19.1 Å². The Balaban J connectivity index is 2.54. The fraction of sp³-hybridized carbons (Fsp3) is 0.235. The molecule has 0 aliphatic rings. The van der Waals surface area contributed by atoms with E-state index in [0.717, 1.165) is 10.4 Å². The van der Waals surface area contributed by atoms with Gasteiger partial charge < -0.3 is 9.47 Å². The number of carbonyl (C=O) groups is 1. The molecule has 0 saturated carbocycles. The van der Waals surface area contributed by atoms with Crippen molar-refractivity contribution in [2.24, 2.45) is 0 Å². The predicted molar refractivity (Wildman–Crippen MR) is 95.6 cm³/mol. The maximum Gasteiger partial charge on any atom is 0.326 e. The third kappa shape index (κ3) is 4.25. The van der Waals surface area contributed by atoms with Gasteiger partial charge in [-0.25, -0.2) is 12.8 Å². The molecule has 2 aromatic carbocycles. The van der Waals surface area contributed by atoms with Crippen LogP contribution >= 0.6 is 11.6 Å². The van der Waals surface area contributed by atoms with Gasteiger partial charge in [-0.05, 0) is 37.3 Å². The highest BCUT2D eigenvalue weighted by molar-refractivity contribution is 7.92. The number of hydrogen-bond acceptors (Lipinski definition) is 5. The minimum atomic E-state index is -4.28. The molecule has 0 unspecified atom stereocenters. The predicted octanol–water partition coefficient (Wildman–Crippen LogP) is 3.25. The van der Waals surface area contributed by atoms with Crippen molar-refractivity contribution in [2.75, 3.05) is 24.6 Å². The summed E-state index contributed by atoms with van der Waals surface area (Å²) < 4.78 is 50.5. The van der Waals surface area contributed by atoms with E-state index in [1.807, 2.05) is 0 Å². The van der Waals surface area contributed by atoms with E-state index >= 15 is 0 Å². The highest BCUT2D eigenvalue weighted by atomic mass is 35.5. The van der Waals surface area contributed by atoms with Crippen LogP contribution in [-0.2, 0) is 19.6 Å². The molecule has 0 N–H and O–H groups in total. The van der Waals surface area contributed by atoms with Crippen LogP contribution in [-0.4, -0.2) is 34.6 Å². The van der Waals surface area contributed by atoms with Crippen molar-refractivity contribution in [3.8, 4) is 5.75 Å². The Kier molecular flexibility index (Phi) is 6.44. The van der Waals surface area contributed by atoms with Crippen molar-refractivity contribution in [1.82, 2.24) is 0 Å². The SMILES string of the molecule is CCOC(=O)CN(c1ccccc1Cl)S(=O)(=O)c1ccc(OC)c(F)c1. The number of carbonyl (C=O) groups excluding carboxylic acids is 1. The maximum absolute atomic E-state index is 14.0. The molecule has 0 radical (unpaired) electrons. The van der Waals surface area contributed by atoms with Crippen LogP contribution in [0.3, 0.4) is 0 Å². The average Bonchev–Trinajstić information content (AvgIpc) is 2.60. The molecule has 140 valence electrons. The zero-order valence-electron chi connectivity index (χ0n) is 14.1. The van der Waals surface area contributed by atoms with Gasteiger partial charge in [0.05, 0.1) is 29.3 Å². The van der Waals surface area contributed by atoms with Gasteiger partial charge in [-0.2, -0.15) is 0 Å². The third-order valence-corrected chi connectivity index (χ3v) is 5.49. The van der Waals surface area contributed by atoms with Crippen LogP contribution in [0, 0.1) is 5.82 Å². The minimum Gasteiger partial charge on any atom is -0.494 e. The Labute approximate surface area is 156 Å². The van der Waals surface area contributed by atoms with Crippen LogP contribution in [0.5, 0.6) is 5.75 Å². The zero-order chi connectivity index (χ0) is 19.3. The molecule has 0 amide bonds. The third-order valence-electron chi connectivity index (χ3n) is 3.41. The molecule has 9 heteroatoms. The van der Waals surface area contributed by atoms with Gasteiger partial charge in [0.2, 0.25) is 0 Å². The number of benzene rings is 2. The second-order valence-corrected chi connectivity index (χ2v) is 7.33. The fourth-order valence-corrected chi connectivity index (χ4v) is 3.94. The normalized spacial score (nSPS) is 11.1. The molecule has 0 saturated heterocycles. The van der Waals surface area contributed by atoms with Crippen LogP contribution in [0.25, 0.3) is 0 Å². The van der Waals surface area contributed by atoms with Crippen molar-refractivity contribution < 1.29 is 27.1 Å². The largest absolute Gasteiger partial charge is 0.494 e. The number of nitrogens with zero attached hydrogens (tertiary/aromatic N) is 1. The highest BCUT2D eigenvalue weighted by Gasteiger charge is 2.30. The Morgan fingerprint density at radius 3 is 2.50 bits per heavy atom. The summed E-state index contributed by atoms with van der Waals surface area (Å²) >= 11 is 6.10. The molecule has 26 heavy (non-hydrogen) atoms. The number of para-hydroxylation sites is 1. The van der Waals surface area contributed by atoms with Crippen LogP contribution in [0.15, 0.2) is 47.4 Å². The number of anilines is 1. The number of esters is 1. The smallest absolute Gasteiger partial charge is 0.326 e. The molecule has 0 aliphatic heterocycles. The second kappa shape index (κ2) is 8.37. The molecule has 0 aromatic heterocycles. The Bertz CT molecular complexity index is 904. The molecule has 0 atom stereocenters. The summed E-state index contributed by atoms with van der Waals surface area (Å²) in [6, 6.07) is 9.32. The van der Waals surface area contributed by atoms with Crippen molar-refractivity contribution in [1.29, 1.82) is 0 Å². The first-order valence-corrected chi connectivity index (χ1v) is 9.39. The van der Waals surface area contributed by atoms with Crippen LogP contribution < -0.4 is 9.04 Å². The topological polar surface area (TPSA) is 72.9 Å². The number of methoxy groups -OCH3 is 1. The molecule has 0 aliphatic carbocycles. The van der Waals surface area contributed by atoms with Gasteiger partial charge in [0.1, 0.15) is 6.54 Å². The van der Waals surface area contributed by atoms with E-state index in [0.29, 0.717) is 0 Å². The number of ether oxygens (including phenoxy) is 2. The van der Waals surface area contributed by atoms with E-state index in [9.17, 15) is 17.6 Å². The van der Waals surface area contributed by atoms with Crippen LogP contribution in [0.4, 0.5) is 10.1 Å². The number of halogens is 2.